The molecule has 0 fully saturated rings. The lowest BCUT2D eigenvalue weighted by atomic mass is 9.79. The largest absolute Gasteiger partial charge is 0.512 e. The van der Waals surface area contributed by atoms with Crippen molar-refractivity contribution in [3.8, 4) is 0 Å². The molecule has 29 heavy (non-hydrogen) atoms. The minimum atomic E-state index is 0.0967. The van der Waals surface area contributed by atoms with Crippen molar-refractivity contribution in [2.24, 2.45) is 5.92 Å². The molecular formula is C25H29BrO2S. The van der Waals surface area contributed by atoms with Gasteiger partial charge >= 0.3 is 0 Å². The van der Waals surface area contributed by atoms with Gasteiger partial charge in [0.25, 0.3) is 0 Å². The molecule has 2 nitrogen and oxygen atoms in total. The van der Waals surface area contributed by atoms with Crippen LogP contribution < -0.4 is 0 Å². The Hall–Kier alpha value is -1.52. The van der Waals surface area contributed by atoms with Gasteiger partial charge in [0, 0.05) is 22.2 Å². The van der Waals surface area contributed by atoms with Gasteiger partial charge in [0.15, 0.2) is 5.78 Å². The molecule has 2 aromatic rings. The molecule has 1 aliphatic rings. The van der Waals surface area contributed by atoms with Gasteiger partial charge in [0.2, 0.25) is 0 Å². The lowest BCUT2D eigenvalue weighted by molar-refractivity contribution is -0.115. The molecule has 3 rings (SSSR count). The van der Waals surface area contributed by atoms with E-state index in [4.69, 9.17) is 0 Å². The van der Waals surface area contributed by atoms with E-state index in [0.29, 0.717) is 18.4 Å². The van der Waals surface area contributed by atoms with Crippen LogP contribution in [0.25, 0.3) is 5.57 Å². The number of hydrogen-bond donors (Lipinski definition) is 1. The molecule has 1 unspecified atom stereocenters. The number of aliphatic hydroxyl groups excluding tert-OH is 1. The maximum Gasteiger partial charge on any atom is 0.167 e. The van der Waals surface area contributed by atoms with Crippen LogP contribution in [0.1, 0.15) is 55.4 Å². The van der Waals surface area contributed by atoms with Gasteiger partial charge in [0.1, 0.15) is 5.76 Å². The molecule has 0 amide bonds. The highest BCUT2D eigenvalue weighted by Crippen LogP contribution is 2.38. The summed E-state index contributed by atoms with van der Waals surface area (Å²) in [7, 11) is 0. The maximum absolute atomic E-state index is 13.1. The van der Waals surface area contributed by atoms with E-state index in [1.807, 2.05) is 12.1 Å². The second-order valence-electron chi connectivity index (χ2n) is 7.78. The van der Waals surface area contributed by atoms with Crippen molar-refractivity contribution >= 4 is 39.0 Å². The number of carbonyl (C=O) groups excluding carboxylic acids is 1. The van der Waals surface area contributed by atoms with Gasteiger partial charge in [-0.05, 0) is 72.7 Å². The van der Waals surface area contributed by atoms with E-state index in [1.54, 1.807) is 11.8 Å². The summed E-state index contributed by atoms with van der Waals surface area (Å²) in [6, 6.07) is 12.6. The number of allylic oxidation sites excluding steroid dienone is 2. The van der Waals surface area contributed by atoms with E-state index >= 15 is 0 Å². The molecule has 1 aliphatic carbocycles. The number of aliphatic hydroxyl groups is 1. The van der Waals surface area contributed by atoms with Gasteiger partial charge in [-0.15, -0.1) is 11.8 Å². The number of carbonyl (C=O) groups is 1. The van der Waals surface area contributed by atoms with Crippen molar-refractivity contribution < 1.29 is 9.90 Å². The van der Waals surface area contributed by atoms with Crippen molar-refractivity contribution in [2.45, 2.75) is 57.8 Å². The Kier molecular flexibility index (Phi) is 7.64. The molecule has 0 bridgehead atoms. The van der Waals surface area contributed by atoms with E-state index in [-0.39, 0.29) is 17.5 Å². The van der Waals surface area contributed by atoms with Gasteiger partial charge in [-0.3, -0.25) is 4.79 Å². The van der Waals surface area contributed by atoms with Crippen molar-refractivity contribution in [1.82, 2.24) is 0 Å². The van der Waals surface area contributed by atoms with Crippen LogP contribution in [0.2, 0.25) is 0 Å². The molecule has 0 spiro atoms. The molecular weight excluding hydrogens is 444 g/mol. The quantitative estimate of drug-likeness (QED) is 0.429. The molecule has 2 aromatic carbocycles. The summed E-state index contributed by atoms with van der Waals surface area (Å²) in [5.74, 6) is 1.54. The second-order valence-corrected chi connectivity index (χ2v) is 9.86. The average molecular weight is 473 g/mol. The smallest absolute Gasteiger partial charge is 0.167 e. The molecule has 0 saturated carbocycles. The third-order valence-corrected chi connectivity index (χ3v) is 7.09. The first-order valence-electron chi connectivity index (χ1n) is 10.4. The van der Waals surface area contributed by atoms with Crippen LogP contribution in [0, 0.1) is 12.8 Å². The van der Waals surface area contributed by atoms with Gasteiger partial charge in [0.05, 0.1) is 5.57 Å². The van der Waals surface area contributed by atoms with E-state index in [9.17, 15) is 9.90 Å². The van der Waals surface area contributed by atoms with Crippen LogP contribution >= 0.6 is 27.7 Å². The Morgan fingerprint density at radius 1 is 1.10 bits per heavy atom. The van der Waals surface area contributed by atoms with Crippen molar-refractivity contribution in [3.05, 3.63) is 68.9 Å². The second kappa shape index (κ2) is 9.99. The number of ketones is 1. The highest BCUT2D eigenvalue weighted by molar-refractivity contribution is 9.10. The molecule has 4 heteroatoms. The fourth-order valence-corrected chi connectivity index (χ4v) is 5.80. The van der Waals surface area contributed by atoms with Crippen molar-refractivity contribution in [1.29, 1.82) is 0 Å². The Bertz CT molecular complexity index is 907. The zero-order valence-corrected chi connectivity index (χ0v) is 19.8. The van der Waals surface area contributed by atoms with E-state index in [1.165, 1.54) is 21.6 Å². The zero-order valence-electron chi connectivity index (χ0n) is 17.4. The highest BCUT2D eigenvalue weighted by atomic mass is 79.9. The van der Waals surface area contributed by atoms with Crippen molar-refractivity contribution in [2.75, 3.05) is 5.75 Å². The Morgan fingerprint density at radius 2 is 1.79 bits per heavy atom. The topological polar surface area (TPSA) is 37.3 Å². The number of Topliss-reactive ketones (excluding diaryl/α,β-unsaturated/α-hetero) is 1. The first-order valence-corrected chi connectivity index (χ1v) is 12.2. The van der Waals surface area contributed by atoms with E-state index in [0.717, 1.165) is 35.1 Å². The SMILES string of the molecule is CCc1cc(C)cc(CC)c1C1=C(O)CC(CCSc2cccc(Br)c2)CC1=O. The minimum Gasteiger partial charge on any atom is -0.512 e. The van der Waals surface area contributed by atoms with Gasteiger partial charge < -0.3 is 5.11 Å². The number of rotatable bonds is 7. The number of aryl methyl sites for hydroxylation is 3. The van der Waals surface area contributed by atoms with Crippen LogP contribution in [0.3, 0.4) is 0 Å². The van der Waals surface area contributed by atoms with E-state index < -0.39 is 0 Å². The molecule has 154 valence electrons. The minimum absolute atomic E-state index is 0.0967. The Morgan fingerprint density at radius 3 is 2.38 bits per heavy atom. The third-order valence-electron chi connectivity index (χ3n) is 5.57. The Labute approximate surface area is 186 Å². The number of hydrogen-bond acceptors (Lipinski definition) is 3. The molecule has 0 aliphatic heterocycles. The molecule has 0 saturated heterocycles. The Balaban J connectivity index is 1.76. The summed E-state index contributed by atoms with van der Waals surface area (Å²) in [6.45, 7) is 6.33. The summed E-state index contributed by atoms with van der Waals surface area (Å²) in [4.78, 5) is 14.3. The zero-order chi connectivity index (χ0) is 21.0. The maximum atomic E-state index is 13.1. The summed E-state index contributed by atoms with van der Waals surface area (Å²) >= 11 is 5.31. The fourth-order valence-electron chi connectivity index (χ4n) is 4.18. The third kappa shape index (κ3) is 5.35. The highest BCUT2D eigenvalue weighted by Gasteiger charge is 2.30. The summed E-state index contributed by atoms with van der Waals surface area (Å²) < 4.78 is 1.08. The average Bonchev–Trinajstić information content (AvgIpc) is 2.68. The monoisotopic (exact) mass is 472 g/mol. The standard InChI is InChI=1S/C25H29BrO2S/c1-4-18-11-16(3)12-19(5-2)24(18)25-22(27)13-17(14-23(25)28)9-10-29-21-8-6-7-20(26)15-21/h6-8,11-12,15,17,27H,4-5,9-10,13-14H2,1-3H3. The molecule has 1 N–H and O–H groups in total. The molecule has 0 radical (unpaired) electrons. The van der Waals surface area contributed by atoms with Gasteiger partial charge in [-0.2, -0.15) is 0 Å². The molecule has 1 atom stereocenters. The number of benzene rings is 2. The van der Waals surface area contributed by atoms with Crippen LogP contribution in [0.5, 0.6) is 0 Å². The lowest BCUT2D eigenvalue weighted by Crippen LogP contribution is -2.21. The lowest BCUT2D eigenvalue weighted by Gasteiger charge is -2.26. The van der Waals surface area contributed by atoms with Crippen molar-refractivity contribution in [3.63, 3.8) is 0 Å². The summed E-state index contributed by atoms with van der Waals surface area (Å²) in [6.07, 6.45) is 3.77. The van der Waals surface area contributed by atoms with Gasteiger partial charge in [-0.25, -0.2) is 0 Å². The fraction of sp³-hybridized carbons (Fsp3) is 0.400. The van der Waals surface area contributed by atoms with E-state index in [2.05, 4.69) is 61.0 Å². The van der Waals surface area contributed by atoms with Gasteiger partial charge in [-0.1, -0.05) is 53.5 Å². The van der Waals surface area contributed by atoms with Crippen LogP contribution in [-0.2, 0) is 17.6 Å². The first kappa shape index (κ1) is 22.2. The number of halogens is 1. The predicted octanol–water partition coefficient (Wildman–Crippen LogP) is 7.31. The normalized spacial score (nSPS) is 17.1. The first-order chi connectivity index (χ1) is 13.9. The summed E-state index contributed by atoms with van der Waals surface area (Å²) in [5.41, 5.74) is 5.12. The summed E-state index contributed by atoms with van der Waals surface area (Å²) in [5, 5.41) is 10.9. The van der Waals surface area contributed by atoms with Crippen LogP contribution in [0.15, 0.2) is 51.5 Å². The van der Waals surface area contributed by atoms with Crippen LogP contribution in [0.4, 0.5) is 0 Å². The predicted molar refractivity (Wildman–Crippen MR) is 127 cm³/mol. The number of thioether (sulfide) groups is 1. The van der Waals surface area contributed by atoms with Crippen LogP contribution in [-0.4, -0.2) is 16.6 Å². The molecule has 0 heterocycles. The molecule has 0 aromatic heterocycles.